The summed E-state index contributed by atoms with van der Waals surface area (Å²) in [6.07, 6.45) is 1.61. The quantitative estimate of drug-likeness (QED) is 0.0790. The number of rotatable bonds is 12. The van der Waals surface area contributed by atoms with E-state index in [1.165, 1.54) is 0 Å². The van der Waals surface area contributed by atoms with Crippen molar-refractivity contribution >= 4 is 35.4 Å². The summed E-state index contributed by atoms with van der Waals surface area (Å²) in [5.74, 6) is 0.296. The van der Waals surface area contributed by atoms with Gasteiger partial charge in [-0.2, -0.15) is 5.10 Å². The van der Waals surface area contributed by atoms with Crippen LogP contribution in [0.5, 0.6) is 11.5 Å². The van der Waals surface area contributed by atoms with E-state index in [-0.39, 0.29) is 13.2 Å². The lowest BCUT2D eigenvalue weighted by Gasteiger charge is -2.30. The van der Waals surface area contributed by atoms with Gasteiger partial charge in [-0.05, 0) is 81.9 Å². The molecule has 0 spiro atoms. The first kappa shape index (κ1) is 33.0. The van der Waals surface area contributed by atoms with Crippen molar-refractivity contribution in [2.45, 2.75) is 40.3 Å². The van der Waals surface area contributed by atoms with E-state index in [1.54, 1.807) is 32.2 Å². The molecule has 1 amide bonds. The molecule has 0 saturated carbocycles. The number of carbonyl (C=O) groups excluding carboxylic acids is 2. The van der Waals surface area contributed by atoms with Gasteiger partial charge in [0.25, 0.3) is 5.91 Å². The second-order valence-electron chi connectivity index (χ2n) is 10.8. The number of hydrogen-bond acceptors (Lipinski definition) is 7. The van der Waals surface area contributed by atoms with E-state index in [0.29, 0.717) is 34.3 Å². The largest absolute Gasteiger partial charge is 0.489 e. The Morgan fingerprint density at radius 1 is 0.979 bits per heavy atom. The molecule has 4 aromatic rings. The van der Waals surface area contributed by atoms with Crippen LogP contribution in [-0.4, -0.2) is 41.0 Å². The molecule has 1 atom stereocenters. The van der Waals surface area contributed by atoms with Gasteiger partial charge in [0.1, 0.15) is 18.1 Å². The van der Waals surface area contributed by atoms with Crippen molar-refractivity contribution < 1.29 is 23.8 Å². The Morgan fingerprint density at radius 3 is 2.45 bits per heavy atom. The zero-order chi connectivity index (χ0) is 33.3. The van der Waals surface area contributed by atoms with Crippen molar-refractivity contribution in [1.82, 2.24) is 20.6 Å². The van der Waals surface area contributed by atoms with Crippen LogP contribution in [0.3, 0.4) is 0 Å². The average molecular weight is 652 g/mol. The summed E-state index contributed by atoms with van der Waals surface area (Å²) >= 11 is 5.34. The minimum atomic E-state index is -0.617. The lowest BCUT2D eigenvalue weighted by atomic mass is 9.95. The van der Waals surface area contributed by atoms with Crippen LogP contribution in [0.15, 0.2) is 101 Å². The molecule has 5 rings (SSSR count). The van der Waals surface area contributed by atoms with E-state index in [0.717, 1.165) is 34.0 Å². The number of nitrogens with zero attached hydrogens (tertiary/aromatic N) is 2. The van der Waals surface area contributed by atoms with Gasteiger partial charge in [-0.1, -0.05) is 48.5 Å². The van der Waals surface area contributed by atoms with E-state index >= 15 is 0 Å². The number of esters is 1. The van der Waals surface area contributed by atoms with Gasteiger partial charge in [-0.25, -0.2) is 10.2 Å². The van der Waals surface area contributed by atoms with Gasteiger partial charge >= 0.3 is 5.97 Å². The van der Waals surface area contributed by atoms with Crippen LogP contribution in [0.1, 0.15) is 48.0 Å². The molecule has 3 aromatic carbocycles. The summed E-state index contributed by atoms with van der Waals surface area (Å²) < 4.78 is 19.2. The number of benzene rings is 3. The lowest BCUT2D eigenvalue weighted by Crippen LogP contribution is -2.45. The topological polar surface area (TPSA) is 115 Å². The van der Waals surface area contributed by atoms with E-state index in [4.69, 9.17) is 26.4 Å². The number of carbonyl (C=O) groups is 2. The number of aryl methyl sites for hydroxylation is 1. The highest BCUT2D eigenvalue weighted by molar-refractivity contribution is 7.80. The maximum atomic E-state index is 12.8. The van der Waals surface area contributed by atoms with Gasteiger partial charge < -0.3 is 29.4 Å². The maximum absolute atomic E-state index is 12.8. The predicted octanol–water partition coefficient (Wildman–Crippen LogP) is 5.56. The monoisotopic (exact) mass is 651 g/mol. The average Bonchev–Trinajstić information content (AvgIpc) is 3.35. The van der Waals surface area contributed by atoms with Gasteiger partial charge in [0.15, 0.2) is 11.7 Å². The number of allylic oxidation sites excluding steroid dienone is 1. The highest BCUT2D eigenvalue weighted by Crippen LogP contribution is 2.33. The van der Waals surface area contributed by atoms with E-state index in [1.807, 2.05) is 86.6 Å². The summed E-state index contributed by atoms with van der Waals surface area (Å²) in [5, 5.41) is 10.6. The Bertz CT molecular complexity index is 1820. The molecule has 0 bridgehead atoms. The number of nitrogens with one attached hydrogen (secondary N) is 3. The summed E-state index contributed by atoms with van der Waals surface area (Å²) in [6, 6.07) is 26.5. The second-order valence-corrected chi connectivity index (χ2v) is 11.2. The van der Waals surface area contributed by atoms with Crippen molar-refractivity contribution in [2.75, 3.05) is 13.2 Å². The molecule has 47 heavy (non-hydrogen) atoms. The number of para-hydroxylation sites is 1. The summed E-state index contributed by atoms with van der Waals surface area (Å²) in [4.78, 5) is 25.5. The highest BCUT2D eigenvalue weighted by atomic mass is 32.1. The normalized spacial score (nSPS) is 14.4. The molecule has 0 unspecified atom stereocenters. The summed E-state index contributed by atoms with van der Waals surface area (Å²) in [5.41, 5.74) is 9.09. The molecule has 10 nitrogen and oxygen atoms in total. The van der Waals surface area contributed by atoms with Crippen molar-refractivity contribution in [3.8, 4) is 17.2 Å². The van der Waals surface area contributed by atoms with Gasteiger partial charge in [0, 0.05) is 33.9 Å². The van der Waals surface area contributed by atoms with Crippen LogP contribution in [0.2, 0.25) is 0 Å². The third-order valence-electron chi connectivity index (χ3n) is 7.56. The number of aromatic nitrogens is 1. The van der Waals surface area contributed by atoms with Crippen LogP contribution in [0.25, 0.3) is 5.69 Å². The van der Waals surface area contributed by atoms with Crippen molar-refractivity contribution in [1.29, 1.82) is 0 Å². The number of amides is 1. The van der Waals surface area contributed by atoms with Crippen LogP contribution >= 0.6 is 12.2 Å². The predicted molar refractivity (Wildman–Crippen MR) is 185 cm³/mol. The number of thiocarbonyl (C=S) groups is 1. The smallest absolute Gasteiger partial charge is 0.338 e. The molecular weight excluding hydrogens is 614 g/mol. The van der Waals surface area contributed by atoms with Crippen LogP contribution in [-0.2, 0) is 20.9 Å². The number of hydrogen-bond donors (Lipinski definition) is 3. The first-order valence-corrected chi connectivity index (χ1v) is 15.6. The Balaban J connectivity index is 1.20. The molecule has 1 aromatic heterocycles. The first-order chi connectivity index (χ1) is 22.7. The van der Waals surface area contributed by atoms with Crippen LogP contribution in [0.4, 0.5) is 0 Å². The molecule has 0 aliphatic carbocycles. The summed E-state index contributed by atoms with van der Waals surface area (Å²) in [6.45, 7) is 7.96. The zero-order valence-electron chi connectivity index (χ0n) is 26.7. The molecule has 0 saturated heterocycles. The fourth-order valence-electron chi connectivity index (χ4n) is 5.35. The minimum Gasteiger partial charge on any atom is -0.489 e. The molecule has 1 aliphatic rings. The number of hydrazone groups is 1. The van der Waals surface area contributed by atoms with Crippen LogP contribution in [0, 0.1) is 13.8 Å². The molecule has 1 aliphatic heterocycles. The third kappa shape index (κ3) is 8.06. The molecule has 11 heteroatoms. The molecule has 0 fully saturated rings. The Morgan fingerprint density at radius 2 is 1.70 bits per heavy atom. The van der Waals surface area contributed by atoms with E-state index in [9.17, 15) is 9.59 Å². The molecular formula is C36H37N5O5S. The van der Waals surface area contributed by atoms with Crippen molar-refractivity contribution in [3.63, 3.8) is 0 Å². The van der Waals surface area contributed by atoms with Gasteiger partial charge in [0.2, 0.25) is 0 Å². The van der Waals surface area contributed by atoms with Crippen LogP contribution < -0.4 is 25.5 Å². The van der Waals surface area contributed by atoms with E-state index < -0.39 is 17.9 Å². The second kappa shape index (κ2) is 15.2. The maximum Gasteiger partial charge on any atom is 0.338 e. The fraction of sp³-hybridized carbons (Fsp3) is 0.222. The SMILES string of the molecule is CCOC(=O)C1=C(C)NC(=S)N[C@@H]1c1ccccc1OCC(=O)NN=Cc1cc(C)n(-c2ccc(OCc3ccccc3)cc2)c1C. The standard InChI is InChI=1S/C36H37N5O5S/c1-5-44-35(43)33-24(3)38-36(47)39-34(33)30-13-9-10-14-31(30)46-22-32(42)40-37-20-27-19-23(2)41(25(27)4)28-15-17-29(18-16-28)45-21-26-11-7-6-8-12-26/h6-20,34H,5,21-22H2,1-4H3,(H,40,42)(H2,38,39,47)/t34-/m1/s1. The minimum absolute atomic E-state index is 0.230. The van der Waals surface area contributed by atoms with Gasteiger partial charge in [-0.15, -0.1) is 0 Å². The van der Waals surface area contributed by atoms with Crippen molar-refractivity contribution in [3.05, 3.63) is 124 Å². The lowest BCUT2D eigenvalue weighted by molar-refractivity contribution is -0.139. The Labute approximate surface area is 279 Å². The van der Waals surface area contributed by atoms with E-state index in [2.05, 4.69) is 25.7 Å². The molecule has 242 valence electrons. The van der Waals surface area contributed by atoms with Crippen molar-refractivity contribution in [2.24, 2.45) is 5.10 Å². The zero-order valence-corrected chi connectivity index (χ0v) is 27.5. The molecule has 2 heterocycles. The first-order valence-electron chi connectivity index (χ1n) is 15.2. The fourth-order valence-corrected chi connectivity index (χ4v) is 5.63. The highest BCUT2D eigenvalue weighted by Gasteiger charge is 2.32. The summed E-state index contributed by atoms with van der Waals surface area (Å²) in [7, 11) is 0. The molecule has 0 radical (unpaired) electrons. The molecule has 3 N–H and O–H groups in total. The number of ether oxygens (including phenoxy) is 3. The Kier molecular flexibility index (Phi) is 10.7. The Hall–Kier alpha value is -5.42. The van der Waals surface area contributed by atoms with Gasteiger partial charge in [-0.3, -0.25) is 4.79 Å². The van der Waals surface area contributed by atoms with Gasteiger partial charge in [0.05, 0.1) is 24.4 Å². The third-order valence-corrected chi connectivity index (χ3v) is 7.78.